The molecule has 1 N–H and O–H groups in total. The minimum atomic E-state index is -1.10. The fraction of sp³-hybridized carbons (Fsp3) is 0.652. The molecule has 11 nitrogen and oxygen atoms in total. The van der Waals surface area contributed by atoms with Crippen molar-refractivity contribution in [2.24, 2.45) is 46.3 Å². The standard InChI is InChI=1S/C60H81NO9.C6H15N/c1-40(2)13-11-14-41(3)50-28-29-51-49-27-22-45-39-48(32-35-58(45,4)52(49)33-36-59(50,51)5)69-57(65)61-37-12-17-53(61)54(70-56(64)31-30-55(62)63)34-38-68-60(42-15-9-8-10-16-42,43-18-23-46(66-6)24-19-43)44-20-25-47(67-7)26-21-44;1-4-7(5-2)6-3/h8-10,15-16,18-26,40-41,48-54H,11-14,17,27-39H2,1-7H3,(H,62,63);4-6H2,1-3H3/t41-,48+,49+,50-,51+,52+,53?,54?,58+,59-;/m1./s1. The summed E-state index contributed by atoms with van der Waals surface area (Å²) in [5, 5.41) is 9.44. The Morgan fingerprint density at radius 2 is 1.39 bits per heavy atom. The molecule has 4 fully saturated rings. The number of esters is 1. The van der Waals surface area contributed by atoms with Gasteiger partial charge in [0.25, 0.3) is 0 Å². The number of likely N-dealkylation sites (tertiary alicyclic amines) is 1. The second kappa shape index (κ2) is 27.3. The van der Waals surface area contributed by atoms with Gasteiger partial charge in [-0.15, -0.1) is 0 Å². The molecule has 1 heterocycles. The Kier molecular flexibility index (Phi) is 21.2. The second-order valence-corrected chi connectivity index (χ2v) is 24.1. The zero-order chi connectivity index (χ0) is 55.3. The van der Waals surface area contributed by atoms with Crippen molar-refractivity contribution >= 4 is 18.0 Å². The van der Waals surface area contributed by atoms with Gasteiger partial charge >= 0.3 is 18.0 Å². The Morgan fingerprint density at radius 3 is 1.97 bits per heavy atom. The average molecular weight is 1060 g/mol. The van der Waals surface area contributed by atoms with Gasteiger partial charge in [0, 0.05) is 19.4 Å². The Morgan fingerprint density at radius 1 is 0.753 bits per heavy atom. The average Bonchev–Trinajstić information content (AvgIpc) is 4.25. The van der Waals surface area contributed by atoms with Crippen molar-refractivity contribution in [3.63, 3.8) is 0 Å². The molecule has 0 spiro atoms. The number of carbonyl (C=O) groups is 3. The van der Waals surface area contributed by atoms with E-state index in [0.717, 1.165) is 78.4 Å². The predicted octanol–water partition coefficient (Wildman–Crippen LogP) is 14.5. The number of amides is 1. The van der Waals surface area contributed by atoms with Gasteiger partial charge in [-0.3, -0.25) is 9.59 Å². The number of methoxy groups -OCH3 is 2. The molecular formula is C66H96N2O9. The summed E-state index contributed by atoms with van der Waals surface area (Å²) >= 11 is 0. The maximum atomic E-state index is 14.4. The molecule has 1 aliphatic heterocycles. The lowest BCUT2D eigenvalue weighted by Crippen LogP contribution is -2.51. The number of ether oxygens (including phenoxy) is 5. The molecule has 2 unspecified atom stereocenters. The summed E-state index contributed by atoms with van der Waals surface area (Å²) < 4.78 is 30.9. The van der Waals surface area contributed by atoms with Crippen LogP contribution in [-0.4, -0.2) is 98.2 Å². The van der Waals surface area contributed by atoms with Crippen molar-refractivity contribution in [2.45, 2.75) is 182 Å². The van der Waals surface area contributed by atoms with E-state index in [1.165, 1.54) is 70.2 Å². The summed E-state index contributed by atoms with van der Waals surface area (Å²) in [6.45, 7) is 23.2. The Bertz CT molecular complexity index is 2310. The van der Waals surface area contributed by atoms with Gasteiger partial charge in [-0.1, -0.05) is 141 Å². The molecule has 3 aromatic carbocycles. The van der Waals surface area contributed by atoms with E-state index in [1.807, 2.05) is 78.9 Å². The molecule has 8 rings (SSSR count). The van der Waals surface area contributed by atoms with E-state index >= 15 is 0 Å². The molecule has 0 aromatic heterocycles. The van der Waals surface area contributed by atoms with E-state index < -0.39 is 29.7 Å². The molecule has 5 aliphatic rings. The SMILES string of the molecule is CCN(CC)CC.COc1ccc(C(OCCC(OC(=O)CCC(=O)O)C2CCCN2C(=O)O[C@H]2CC[C@@]3(C)C(=CC[C@H]4[C@@H]5CC[C@H]([C@H](C)CCCC(C)C)[C@@]5(C)CC[C@@H]43)C2)(c2ccccc2)c2ccc(OC)cc2)cc1. The van der Waals surface area contributed by atoms with Crippen molar-refractivity contribution in [2.75, 3.05) is 47.0 Å². The maximum absolute atomic E-state index is 14.4. The second-order valence-electron chi connectivity index (χ2n) is 24.1. The highest BCUT2D eigenvalue weighted by Crippen LogP contribution is 2.67. The highest BCUT2D eigenvalue weighted by atomic mass is 16.6. The number of nitrogens with zero attached hydrogens (tertiary/aromatic N) is 2. The number of carboxylic acids is 1. The summed E-state index contributed by atoms with van der Waals surface area (Å²) in [6, 6.07) is 25.2. The monoisotopic (exact) mass is 1060 g/mol. The zero-order valence-corrected chi connectivity index (χ0v) is 48.7. The minimum absolute atomic E-state index is 0.131. The van der Waals surface area contributed by atoms with Crippen LogP contribution in [0.15, 0.2) is 90.5 Å². The molecule has 10 atom stereocenters. The predicted molar refractivity (Wildman–Crippen MR) is 306 cm³/mol. The van der Waals surface area contributed by atoms with E-state index in [-0.39, 0.29) is 43.5 Å². The number of aliphatic carboxylic acids is 1. The maximum Gasteiger partial charge on any atom is 0.410 e. The first kappa shape index (κ1) is 59.8. The Balaban J connectivity index is 0.00000115. The number of hydrogen-bond donors (Lipinski definition) is 1. The molecule has 0 radical (unpaired) electrons. The number of benzene rings is 3. The van der Waals surface area contributed by atoms with Crippen LogP contribution in [0.25, 0.3) is 0 Å². The van der Waals surface area contributed by atoms with Gasteiger partial charge in [0.1, 0.15) is 29.3 Å². The van der Waals surface area contributed by atoms with Crippen molar-refractivity contribution in [3.8, 4) is 11.5 Å². The quantitative estimate of drug-likeness (QED) is 0.0558. The van der Waals surface area contributed by atoms with Gasteiger partial charge in [0.05, 0.1) is 39.7 Å². The fourth-order valence-corrected chi connectivity index (χ4v) is 15.2. The smallest absolute Gasteiger partial charge is 0.410 e. The largest absolute Gasteiger partial charge is 0.497 e. The number of carboxylic acid groups (broad SMARTS) is 1. The van der Waals surface area contributed by atoms with E-state index in [2.05, 4.69) is 66.4 Å². The van der Waals surface area contributed by atoms with Gasteiger partial charge in [-0.05, 0) is 165 Å². The van der Waals surface area contributed by atoms with Gasteiger partial charge in [0.2, 0.25) is 0 Å². The van der Waals surface area contributed by atoms with Crippen LogP contribution in [0, 0.1) is 46.3 Å². The highest BCUT2D eigenvalue weighted by Gasteiger charge is 2.59. The van der Waals surface area contributed by atoms with Gasteiger partial charge in [0.15, 0.2) is 0 Å². The van der Waals surface area contributed by atoms with Crippen molar-refractivity contribution in [3.05, 3.63) is 107 Å². The molecule has 424 valence electrons. The van der Waals surface area contributed by atoms with Gasteiger partial charge in [-0.25, -0.2) is 4.79 Å². The van der Waals surface area contributed by atoms with Crippen LogP contribution in [-0.2, 0) is 29.4 Å². The third-order valence-electron chi connectivity index (χ3n) is 19.6. The van der Waals surface area contributed by atoms with Crippen molar-refractivity contribution in [1.29, 1.82) is 0 Å². The topological polar surface area (TPSA) is 124 Å². The summed E-state index contributed by atoms with van der Waals surface area (Å²) in [7, 11) is 3.27. The van der Waals surface area contributed by atoms with Gasteiger partial charge in [-0.2, -0.15) is 0 Å². The summed E-state index contributed by atoms with van der Waals surface area (Å²) in [5.74, 6) is 4.31. The van der Waals surface area contributed by atoms with Crippen LogP contribution in [0.2, 0.25) is 0 Å². The van der Waals surface area contributed by atoms with Crippen LogP contribution in [0.5, 0.6) is 11.5 Å². The third-order valence-corrected chi connectivity index (χ3v) is 19.6. The number of rotatable bonds is 23. The summed E-state index contributed by atoms with van der Waals surface area (Å²) in [4.78, 5) is 43.5. The fourth-order valence-electron chi connectivity index (χ4n) is 15.2. The van der Waals surface area contributed by atoms with Gasteiger partial charge < -0.3 is 38.6 Å². The molecule has 77 heavy (non-hydrogen) atoms. The first-order valence-electron chi connectivity index (χ1n) is 29.8. The first-order valence-corrected chi connectivity index (χ1v) is 29.8. The third kappa shape index (κ3) is 13.8. The zero-order valence-electron chi connectivity index (χ0n) is 48.7. The Hall–Kier alpha value is -4.87. The van der Waals surface area contributed by atoms with Crippen molar-refractivity contribution < 1.29 is 43.2 Å². The molecule has 4 aliphatic carbocycles. The van der Waals surface area contributed by atoms with Crippen LogP contribution in [0.4, 0.5) is 4.79 Å². The highest BCUT2D eigenvalue weighted by molar-refractivity contribution is 5.76. The van der Waals surface area contributed by atoms with Crippen LogP contribution >= 0.6 is 0 Å². The molecule has 1 amide bonds. The van der Waals surface area contributed by atoms with E-state index in [9.17, 15) is 19.5 Å². The Labute approximate surface area is 463 Å². The van der Waals surface area contributed by atoms with E-state index in [1.54, 1.807) is 19.1 Å². The van der Waals surface area contributed by atoms with E-state index in [4.69, 9.17) is 23.7 Å². The van der Waals surface area contributed by atoms with Crippen LogP contribution in [0.1, 0.15) is 175 Å². The van der Waals surface area contributed by atoms with E-state index in [0.29, 0.717) is 35.8 Å². The number of hydrogen-bond acceptors (Lipinski definition) is 9. The van der Waals surface area contributed by atoms with Crippen LogP contribution < -0.4 is 9.47 Å². The normalized spacial score (nSPS) is 26.5. The summed E-state index contributed by atoms with van der Waals surface area (Å²) in [5.41, 5.74) is 3.57. The minimum Gasteiger partial charge on any atom is -0.497 e. The first-order chi connectivity index (χ1) is 37.0. The molecule has 11 heteroatoms. The number of carbonyl (C=O) groups excluding carboxylic acids is 2. The lowest BCUT2D eigenvalue weighted by Gasteiger charge is -2.58. The van der Waals surface area contributed by atoms with Crippen molar-refractivity contribution in [1.82, 2.24) is 9.80 Å². The lowest BCUT2D eigenvalue weighted by molar-refractivity contribution is -0.156. The number of fused-ring (bicyclic) bond motifs is 5. The number of allylic oxidation sites excluding steroid dienone is 1. The molecule has 0 bridgehead atoms. The lowest BCUT2D eigenvalue weighted by atomic mass is 9.47. The molecule has 3 saturated carbocycles. The molecule has 3 aromatic rings. The molecule has 1 saturated heterocycles. The molecular weight excluding hydrogens is 965 g/mol. The van der Waals surface area contributed by atoms with Crippen LogP contribution in [0.3, 0.4) is 0 Å². The summed E-state index contributed by atoms with van der Waals surface area (Å²) in [6.07, 6.45) is 15.4.